The van der Waals surface area contributed by atoms with E-state index in [1.54, 1.807) is 0 Å². The van der Waals surface area contributed by atoms with Crippen molar-refractivity contribution < 1.29 is 9.90 Å². The van der Waals surface area contributed by atoms with E-state index in [4.69, 9.17) is 0 Å². The van der Waals surface area contributed by atoms with E-state index >= 15 is 0 Å². The van der Waals surface area contributed by atoms with E-state index in [9.17, 15) is 9.90 Å². The van der Waals surface area contributed by atoms with Crippen molar-refractivity contribution in [3.8, 4) is 0 Å². The number of likely N-dealkylation sites (tertiary alicyclic amines) is 1. The maximum Gasteiger partial charge on any atom is 0.166 e. The van der Waals surface area contributed by atoms with Crippen molar-refractivity contribution in [2.75, 3.05) is 19.6 Å². The molecule has 1 aliphatic heterocycles. The summed E-state index contributed by atoms with van der Waals surface area (Å²) < 4.78 is 0. The van der Waals surface area contributed by atoms with Crippen molar-refractivity contribution in [2.45, 2.75) is 26.4 Å². The Morgan fingerprint density at radius 2 is 2.11 bits per heavy atom. The van der Waals surface area contributed by atoms with Crippen LogP contribution in [0.25, 0.3) is 0 Å². The van der Waals surface area contributed by atoms with Gasteiger partial charge in [0, 0.05) is 24.6 Å². The van der Waals surface area contributed by atoms with Crippen LogP contribution < -0.4 is 0 Å². The summed E-state index contributed by atoms with van der Waals surface area (Å²) >= 11 is 0. The van der Waals surface area contributed by atoms with Crippen molar-refractivity contribution in [3.05, 3.63) is 35.9 Å². The highest BCUT2D eigenvalue weighted by molar-refractivity contribution is 5.97. The minimum Gasteiger partial charge on any atom is -0.392 e. The number of β-amino-alcohol motifs (C(OH)–C–C–N with tert-alkyl or cyclic N) is 1. The van der Waals surface area contributed by atoms with Crippen molar-refractivity contribution in [2.24, 2.45) is 11.8 Å². The molecule has 19 heavy (non-hydrogen) atoms. The zero-order chi connectivity index (χ0) is 13.8. The van der Waals surface area contributed by atoms with Crippen molar-refractivity contribution >= 4 is 5.78 Å². The number of piperidine rings is 1. The molecule has 0 spiro atoms. The molecule has 3 nitrogen and oxygen atoms in total. The molecule has 0 bridgehead atoms. The van der Waals surface area contributed by atoms with E-state index in [-0.39, 0.29) is 17.8 Å². The number of aliphatic hydroxyl groups is 1. The van der Waals surface area contributed by atoms with Gasteiger partial charge in [-0.15, -0.1) is 0 Å². The maximum absolute atomic E-state index is 12.3. The van der Waals surface area contributed by atoms with E-state index < -0.39 is 0 Å². The lowest BCUT2D eigenvalue weighted by Crippen LogP contribution is -2.45. The number of carbonyl (C=O) groups is 1. The van der Waals surface area contributed by atoms with Gasteiger partial charge in [-0.2, -0.15) is 0 Å². The Hall–Kier alpha value is -1.19. The van der Waals surface area contributed by atoms with E-state index in [1.807, 2.05) is 37.3 Å². The van der Waals surface area contributed by atoms with Crippen LogP contribution in [0.2, 0.25) is 0 Å². The Labute approximate surface area is 115 Å². The molecule has 1 N–H and O–H groups in total. The Morgan fingerprint density at radius 3 is 2.74 bits per heavy atom. The molecule has 1 aromatic carbocycles. The van der Waals surface area contributed by atoms with Gasteiger partial charge in [-0.25, -0.2) is 0 Å². The van der Waals surface area contributed by atoms with E-state index in [0.717, 1.165) is 25.1 Å². The average molecular weight is 261 g/mol. The average Bonchev–Trinajstić information content (AvgIpc) is 2.43. The monoisotopic (exact) mass is 261 g/mol. The standard InChI is InChI=1S/C16H23NO2/c1-12-8-9-17(11-15(12)18)10-13(2)16(19)14-6-4-3-5-7-14/h3-7,12-13,15,18H,8-11H2,1-2H3. The zero-order valence-electron chi connectivity index (χ0n) is 11.7. The molecular formula is C16H23NO2. The lowest BCUT2D eigenvalue weighted by Gasteiger charge is -2.35. The van der Waals surface area contributed by atoms with Crippen LogP contribution in [0.4, 0.5) is 0 Å². The number of hydrogen-bond acceptors (Lipinski definition) is 3. The van der Waals surface area contributed by atoms with Gasteiger partial charge in [0.25, 0.3) is 0 Å². The number of nitrogens with zero attached hydrogens (tertiary/aromatic N) is 1. The van der Waals surface area contributed by atoms with Crippen LogP contribution in [0.5, 0.6) is 0 Å². The molecule has 1 saturated heterocycles. The first-order valence-corrected chi connectivity index (χ1v) is 7.07. The summed E-state index contributed by atoms with van der Waals surface area (Å²) in [5, 5.41) is 9.89. The second-order valence-electron chi connectivity index (χ2n) is 5.72. The molecule has 3 unspecified atom stereocenters. The Kier molecular flexibility index (Phi) is 4.72. The fourth-order valence-electron chi connectivity index (χ4n) is 2.64. The number of aliphatic hydroxyl groups excluding tert-OH is 1. The number of benzene rings is 1. The number of Topliss-reactive ketones (excluding diaryl/α,β-unsaturated/α-hetero) is 1. The Bertz CT molecular complexity index is 418. The summed E-state index contributed by atoms with van der Waals surface area (Å²) in [6, 6.07) is 9.44. The highest BCUT2D eigenvalue weighted by atomic mass is 16.3. The molecule has 104 valence electrons. The first kappa shape index (κ1) is 14.2. The van der Waals surface area contributed by atoms with Crippen molar-refractivity contribution in [1.29, 1.82) is 0 Å². The van der Waals surface area contributed by atoms with Crippen LogP contribution in [0.15, 0.2) is 30.3 Å². The van der Waals surface area contributed by atoms with Crippen LogP contribution in [-0.2, 0) is 0 Å². The summed E-state index contributed by atoms with van der Waals surface area (Å²) in [6.45, 7) is 6.45. The van der Waals surface area contributed by atoms with Gasteiger partial charge in [0.2, 0.25) is 0 Å². The summed E-state index contributed by atoms with van der Waals surface area (Å²) in [6.07, 6.45) is 0.751. The SMILES string of the molecule is CC(CN1CCC(C)C(O)C1)C(=O)c1ccccc1. The summed E-state index contributed by atoms with van der Waals surface area (Å²) in [4.78, 5) is 14.5. The molecule has 0 saturated carbocycles. The van der Waals surface area contributed by atoms with Crippen LogP contribution in [0, 0.1) is 11.8 Å². The van der Waals surface area contributed by atoms with Gasteiger partial charge in [-0.3, -0.25) is 4.79 Å². The van der Waals surface area contributed by atoms with Gasteiger partial charge in [0.15, 0.2) is 5.78 Å². The van der Waals surface area contributed by atoms with Crippen molar-refractivity contribution in [1.82, 2.24) is 4.90 Å². The third-order valence-corrected chi connectivity index (χ3v) is 4.04. The molecule has 1 fully saturated rings. The topological polar surface area (TPSA) is 40.5 Å². The van der Waals surface area contributed by atoms with Crippen LogP contribution in [0.3, 0.4) is 0 Å². The minimum absolute atomic E-state index is 0.0250. The maximum atomic E-state index is 12.3. The number of carbonyl (C=O) groups excluding carboxylic acids is 1. The summed E-state index contributed by atoms with van der Waals surface area (Å²) in [5.41, 5.74) is 0.779. The van der Waals surface area contributed by atoms with Crippen LogP contribution in [0.1, 0.15) is 30.6 Å². The molecule has 1 aromatic rings. The zero-order valence-corrected chi connectivity index (χ0v) is 11.7. The van der Waals surface area contributed by atoms with Crippen molar-refractivity contribution in [3.63, 3.8) is 0 Å². The Morgan fingerprint density at radius 1 is 1.42 bits per heavy atom. The number of rotatable bonds is 4. The van der Waals surface area contributed by atoms with E-state index in [1.165, 1.54) is 0 Å². The minimum atomic E-state index is -0.257. The lowest BCUT2D eigenvalue weighted by molar-refractivity contribution is 0.0237. The van der Waals surface area contributed by atoms with Gasteiger partial charge in [-0.05, 0) is 18.9 Å². The van der Waals surface area contributed by atoms with Gasteiger partial charge >= 0.3 is 0 Å². The predicted octanol–water partition coefficient (Wildman–Crippen LogP) is 2.21. The largest absolute Gasteiger partial charge is 0.392 e. The molecule has 0 aromatic heterocycles. The van der Waals surface area contributed by atoms with Gasteiger partial charge in [-0.1, -0.05) is 44.2 Å². The quantitative estimate of drug-likeness (QED) is 0.845. The van der Waals surface area contributed by atoms with Crippen LogP contribution >= 0.6 is 0 Å². The molecule has 0 amide bonds. The Balaban J connectivity index is 1.91. The van der Waals surface area contributed by atoms with E-state index in [2.05, 4.69) is 11.8 Å². The van der Waals surface area contributed by atoms with Gasteiger partial charge in [0.05, 0.1) is 6.10 Å². The van der Waals surface area contributed by atoms with Gasteiger partial charge in [0.1, 0.15) is 0 Å². The van der Waals surface area contributed by atoms with Gasteiger partial charge < -0.3 is 10.0 Å². The molecule has 2 rings (SSSR count). The smallest absolute Gasteiger partial charge is 0.166 e. The third-order valence-electron chi connectivity index (χ3n) is 4.04. The second kappa shape index (κ2) is 6.31. The normalized spacial score (nSPS) is 26.1. The highest BCUT2D eigenvalue weighted by Gasteiger charge is 2.26. The van der Waals surface area contributed by atoms with Crippen LogP contribution in [-0.4, -0.2) is 41.5 Å². The first-order chi connectivity index (χ1) is 9.08. The summed E-state index contributed by atoms with van der Waals surface area (Å²) in [7, 11) is 0. The molecule has 0 aliphatic carbocycles. The number of hydrogen-bond donors (Lipinski definition) is 1. The lowest BCUT2D eigenvalue weighted by atomic mass is 9.93. The molecule has 1 heterocycles. The molecular weight excluding hydrogens is 238 g/mol. The fourth-order valence-corrected chi connectivity index (χ4v) is 2.64. The number of ketones is 1. The molecule has 1 aliphatic rings. The molecule has 3 atom stereocenters. The molecule has 3 heteroatoms. The fraction of sp³-hybridized carbons (Fsp3) is 0.562. The summed E-state index contributed by atoms with van der Waals surface area (Å²) in [5.74, 6) is 0.535. The first-order valence-electron chi connectivity index (χ1n) is 7.07. The highest BCUT2D eigenvalue weighted by Crippen LogP contribution is 2.19. The third kappa shape index (κ3) is 3.64. The molecule has 0 radical (unpaired) electrons. The second-order valence-corrected chi connectivity index (χ2v) is 5.72. The predicted molar refractivity (Wildman–Crippen MR) is 76.2 cm³/mol. The van der Waals surface area contributed by atoms with E-state index in [0.29, 0.717) is 12.5 Å².